The van der Waals surface area contributed by atoms with Crippen LogP contribution < -0.4 is 5.32 Å². The van der Waals surface area contributed by atoms with Crippen LogP contribution in [-0.2, 0) is 16.6 Å². The second kappa shape index (κ2) is 9.67. The van der Waals surface area contributed by atoms with Gasteiger partial charge in [0.1, 0.15) is 4.90 Å². The molecule has 0 bridgehead atoms. The smallest absolute Gasteiger partial charge is 0.255 e. The monoisotopic (exact) mass is 486 g/mol. The average molecular weight is 487 g/mol. The molecule has 7 nitrogen and oxygen atoms in total. The number of hydrogen-bond donors (Lipinski definition) is 1. The van der Waals surface area contributed by atoms with Gasteiger partial charge in [-0.25, -0.2) is 8.42 Å². The molecule has 1 saturated heterocycles. The largest absolute Gasteiger partial charge is 0.322 e. The zero-order valence-electron chi connectivity index (χ0n) is 18.7. The van der Waals surface area contributed by atoms with E-state index in [0.29, 0.717) is 52.2 Å². The lowest BCUT2D eigenvalue weighted by Gasteiger charge is -2.26. The molecule has 2 heterocycles. The molecular formula is C24H27ClN4O3S. The fraction of sp³-hybridized carbons (Fsp3) is 0.333. The van der Waals surface area contributed by atoms with Crippen molar-refractivity contribution < 1.29 is 13.2 Å². The van der Waals surface area contributed by atoms with Gasteiger partial charge in [-0.05, 0) is 62.6 Å². The average Bonchev–Trinajstić information content (AvgIpc) is 3.08. The minimum absolute atomic E-state index is 0.232. The lowest BCUT2D eigenvalue weighted by atomic mass is 10.1. The molecule has 0 spiro atoms. The van der Waals surface area contributed by atoms with Crippen LogP contribution in [0.1, 0.15) is 46.6 Å². The molecule has 2 aromatic carbocycles. The van der Waals surface area contributed by atoms with E-state index in [2.05, 4.69) is 10.4 Å². The van der Waals surface area contributed by atoms with E-state index in [9.17, 15) is 13.2 Å². The van der Waals surface area contributed by atoms with Crippen LogP contribution >= 0.6 is 11.6 Å². The molecule has 1 aliphatic rings. The maximum atomic E-state index is 13.2. The van der Waals surface area contributed by atoms with E-state index in [0.717, 1.165) is 24.8 Å². The van der Waals surface area contributed by atoms with Gasteiger partial charge in [-0.3, -0.25) is 9.48 Å². The van der Waals surface area contributed by atoms with Crippen LogP contribution in [-0.4, -0.2) is 41.5 Å². The van der Waals surface area contributed by atoms with Crippen molar-refractivity contribution in [2.24, 2.45) is 0 Å². The Balaban J connectivity index is 1.49. The van der Waals surface area contributed by atoms with Crippen LogP contribution in [0.25, 0.3) is 0 Å². The third-order valence-corrected chi connectivity index (χ3v) is 8.25. The Morgan fingerprint density at radius 3 is 2.42 bits per heavy atom. The number of carbonyl (C=O) groups excluding carboxylic acids is 1. The van der Waals surface area contributed by atoms with Gasteiger partial charge in [0.15, 0.2) is 0 Å². The first-order valence-corrected chi connectivity index (χ1v) is 12.8. The summed E-state index contributed by atoms with van der Waals surface area (Å²) in [5, 5.41) is 7.88. The topological polar surface area (TPSA) is 84.3 Å². The summed E-state index contributed by atoms with van der Waals surface area (Å²) in [6.45, 7) is 5.07. The Kier molecular flexibility index (Phi) is 6.88. The zero-order chi connectivity index (χ0) is 23.6. The summed E-state index contributed by atoms with van der Waals surface area (Å²) in [7, 11) is -3.56. The predicted octanol–water partition coefficient (Wildman–Crippen LogP) is 4.63. The van der Waals surface area contributed by atoms with Crippen molar-refractivity contribution in [3.05, 3.63) is 76.1 Å². The number of aryl methyl sites for hydroxylation is 1. The van der Waals surface area contributed by atoms with Crippen molar-refractivity contribution in [2.45, 2.75) is 44.6 Å². The van der Waals surface area contributed by atoms with Crippen molar-refractivity contribution in [3.63, 3.8) is 0 Å². The number of carbonyl (C=O) groups is 1. The number of nitrogens with zero attached hydrogens (tertiary/aromatic N) is 3. The Morgan fingerprint density at radius 1 is 1.06 bits per heavy atom. The second-order valence-corrected chi connectivity index (χ2v) is 10.6. The summed E-state index contributed by atoms with van der Waals surface area (Å²) in [5.41, 5.74) is 3.19. The number of halogens is 1. The molecule has 1 amide bonds. The number of aromatic nitrogens is 2. The second-order valence-electron chi connectivity index (χ2n) is 8.28. The minimum atomic E-state index is -3.56. The molecule has 3 aromatic rings. The fourth-order valence-corrected chi connectivity index (χ4v) is 6.23. The fourth-order valence-electron chi connectivity index (χ4n) is 4.15. The standard InChI is InChI=1S/C24H27ClN4O3S/c1-17-23(33(31,32)28-13-4-3-5-14-28)18(2)29(27-17)16-19-9-11-20(12-10-19)24(30)26-22-8-6-7-21(25)15-22/h6-12,15H,3-5,13-14,16H2,1-2H3,(H,26,30). The van der Waals surface area contributed by atoms with Gasteiger partial charge in [-0.1, -0.05) is 36.2 Å². The number of piperidine rings is 1. The lowest BCUT2D eigenvalue weighted by Crippen LogP contribution is -2.36. The minimum Gasteiger partial charge on any atom is -0.322 e. The molecular weight excluding hydrogens is 460 g/mol. The van der Waals surface area contributed by atoms with Crippen LogP contribution in [0.5, 0.6) is 0 Å². The van der Waals surface area contributed by atoms with Crippen molar-refractivity contribution in [3.8, 4) is 0 Å². The third kappa shape index (κ3) is 5.13. The van der Waals surface area contributed by atoms with E-state index in [1.807, 2.05) is 12.1 Å². The molecule has 0 saturated carbocycles. The summed E-state index contributed by atoms with van der Waals surface area (Å²) in [6.07, 6.45) is 2.85. The Morgan fingerprint density at radius 2 is 1.76 bits per heavy atom. The Labute approximate surface area is 199 Å². The molecule has 0 aliphatic carbocycles. The molecule has 1 N–H and O–H groups in total. The highest BCUT2D eigenvalue weighted by Crippen LogP contribution is 2.26. The van der Waals surface area contributed by atoms with Crippen LogP contribution in [0.4, 0.5) is 5.69 Å². The summed E-state index contributed by atoms with van der Waals surface area (Å²) in [6, 6.07) is 14.2. The van der Waals surface area contributed by atoms with E-state index < -0.39 is 10.0 Å². The number of amides is 1. The van der Waals surface area contributed by atoms with Gasteiger partial charge in [0.2, 0.25) is 10.0 Å². The number of rotatable bonds is 6. The highest BCUT2D eigenvalue weighted by molar-refractivity contribution is 7.89. The van der Waals surface area contributed by atoms with Gasteiger partial charge in [-0.15, -0.1) is 0 Å². The molecule has 1 aliphatic heterocycles. The molecule has 174 valence electrons. The normalized spacial score (nSPS) is 14.9. The number of hydrogen-bond acceptors (Lipinski definition) is 4. The first-order chi connectivity index (χ1) is 15.8. The van der Waals surface area contributed by atoms with E-state index in [-0.39, 0.29) is 5.91 Å². The Hall–Kier alpha value is -2.68. The number of benzene rings is 2. The number of anilines is 1. The molecule has 0 atom stereocenters. The summed E-state index contributed by atoms with van der Waals surface area (Å²) in [5.74, 6) is -0.232. The van der Waals surface area contributed by atoms with Gasteiger partial charge >= 0.3 is 0 Å². The highest BCUT2D eigenvalue weighted by atomic mass is 35.5. The van der Waals surface area contributed by atoms with Crippen molar-refractivity contribution in [2.75, 3.05) is 18.4 Å². The first kappa shape index (κ1) is 23.5. The van der Waals surface area contributed by atoms with E-state index >= 15 is 0 Å². The molecule has 1 aromatic heterocycles. The molecule has 0 unspecified atom stereocenters. The zero-order valence-corrected chi connectivity index (χ0v) is 20.3. The van der Waals surface area contributed by atoms with Crippen LogP contribution in [0, 0.1) is 13.8 Å². The number of sulfonamides is 1. The van der Waals surface area contributed by atoms with Gasteiger partial charge in [0, 0.05) is 29.4 Å². The van der Waals surface area contributed by atoms with Crippen LogP contribution in [0.2, 0.25) is 5.02 Å². The van der Waals surface area contributed by atoms with E-state index in [4.69, 9.17) is 11.6 Å². The molecule has 4 rings (SSSR count). The van der Waals surface area contributed by atoms with Gasteiger partial charge in [-0.2, -0.15) is 9.40 Å². The molecule has 0 radical (unpaired) electrons. The van der Waals surface area contributed by atoms with Crippen LogP contribution in [0.15, 0.2) is 53.4 Å². The quantitative estimate of drug-likeness (QED) is 0.550. The maximum absolute atomic E-state index is 13.2. The highest BCUT2D eigenvalue weighted by Gasteiger charge is 2.31. The Bertz CT molecular complexity index is 1260. The SMILES string of the molecule is Cc1nn(Cc2ccc(C(=O)Nc3cccc(Cl)c3)cc2)c(C)c1S(=O)(=O)N1CCCCC1. The maximum Gasteiger partial charge on any atom is 0.255 e. The number of nitrogens with one attached hydrogen (secondary N) is 1. The summed E-state index contributed by atoms with van der Waals surface area (Å²) < 4.78 is 29.7. The summed E-state index contributed by atoms with van der Waals surface area (Å²) in [4.78, 5) is 12.8. The van der Waals surface area contributed by atoms with Gasteiger partial charge in [0.05, 0.1) is 17.9 Å². The molecule has 1 fully saturated rings. The lowest BCUT2D eigenvalue weighted by molar-refractivity contribution is 0.102. The van der Waals surface area contributed by atoms with Crippen LogP contribution in [0.3, 0.4) is 0 Å². The molecule has 9 heteroatoms. The van der Waals surface area contributed by atoms with Crippen molar-refractivity contribution >= 4 is 33.2 Å². The first-order valence-electron chi connectivity index (χ1n) is 11.0. The van der Waals surface area contributed by atoms with Gasteiger partial charge < -0.3 is 5.32 Å². The van der Waals surface area contributed by atoms with E-state index in [1.165, 1.54) is 0 Å². The summed E-state index contributed by atoms with van der Waals surface area (Å²) >= 11 is 5.97. The van der Waals surface area contributed by atoms with E-state index in [1.54, 1.807) is 59.2 Å². The van der Waals surface area contributed by atoms with Crippen molar-refractivity contribution in [1.82, 2.24) is 14.1 Å². The van der Waals surface area contributed by atoms with Crippen molar-refractivity contribution in [1.29, 1.82) is 0 Å². The predicted molar refractivity (Wildman–Crippen MR) is 129 cm³/mol. The molecule has 33 heavy (non-hydrogen) atoms. The third-order valence-electron chi connectivity index (χ3n) is 5.86. The van der Waals surface area contributed by atoms with Gasteiger partial charge in [0.25, 0.3) is 5.91 Å².